The lowest BCUT2D eigenvalue weighted by molar-refractivity contribution is -0.686. The molecule has 38 heavy (non-hydrogen) atoms. The highest BCUT2D eigenvalue weighted by molar-refractivity contribution is 6.00. The van der Waals surface area contributed by atoms with E-state index in [0.29, 0.717) is 11.5 Å². The Morgan fingerprint density at radius 3 is 2.63 bits per heavy atom. The van der Waals surface area contributed by atoms with Crippen molar-refractivity contribution in [3.63, 3.8) is 0 Å². The number of methoxy groups -OCH3 is 2. The molecule has 3 aromatic carbocycles. The van der Waals surface area contributed by atoms with Gasteiger partial charge in [-0.25, -0.2) is 0 Å². The summed E-state index contributed by atoms with van der Waals surface area (Å²) in [6.07, 6.45) is 5.03. The summed E-state index contributed by atoms with van der Waals surface area (Å²) in [5, 5.41) is 2.91. The van der Waals surface area contributed by atoms with E-state index in [1.807, 2.05) is 54.7 Å². The summed E-state index contributed by atoms with van der Waals surface area (Å²) < 4.78 is 26.7. The second-order valence-electron chi connectivity index (χ2n) is 9.34. The predicted octanol–water partition coefficient (Wildman–Crippen LogP) is 1.94. The SMILES string of the molecule is COc1ccc2c(CC(=O)n3ccc4ccccc43)c3[n+](cc2c1OC)CCc1cc2c(cc1-3)OCO2.[I-]. The van der Waals surface area contributed by atoms with E-state index in [-0.39, 0.29) is 43.1 Å². The number of hydrogen-bond acceptors (Lipinski definition) is 5. The van der Waals surface area contributed by atoms with Gasteiger partial charge in [-0.1, -0.05) is 18.2 Å². The van der Waals surface area contributed by atoms with E-state index in [2.05, 4.69) is 16.8 Å². The van der Waals surface area contributed by atoms with Gasteiger partial charge < -0.3 is 42.9 Å². The monoisotopic (exact) mass is 620 g/mol. The van der Waals surface area contributed by atoms with E-state index in [1.54, 1.807) is 18.8 Å². The van der Waals surface area contributed by atoms with Crippen molar-refractivity contribution in [3.05, 3.63) is 78.1 Å². The largest absolute Gasteiger partial charge is 1.00 e. The van der Waals surface area contributed by atoms with Gasteiger partial charge in [0, 0.05) is 29.0 Å². The number of para-hydroxylation sites is 1. The summed E-state index contributed by atoms with van der Waals surface area (Å²) in [5.74, 6) is 2.82. The van der Waals surface area contributed by atoms with Crippen LogP contribution in [-0.2, 0) is 19.4 Å². The van der Waals surface area contributed by atoms with Crippen LogP contribution in [0.5, 0.6) is 23.0 Å². The van der Waals surface area contributed by atoms with Crippen molar-refractivity contribution in [2.75, 3.05) is 21.0 Å². The van der Waals surface area contributed by atoms with Crippen LogP contribution >= 0.6 is 0 Å². The molecule has 192 valence electrons. The fourth-order valence-electron chi connectivity index (χ4n) is 5.73. The molecule has 0 bridgehead atoms. The van der Waals surface area contributed by atoms with Crippen LogP contribution < -0.4 is 47.5 Å². The van der Waals surface area contributed by atoms with Gasteiger partial charge in [0.2, 0.25) is 18.4 Å². The highest BCUT2D eigenvalue weighted by atomic mass is 127. The van der Waals surface area contributed by atoms with Crippen LogP contribution in [0, 0.1) is 0 Å². The summed E-state index contributed by atoms with van der Waals surface area (Å²) >= 11 is 0. The molecule has 0 amide bonds. The Morgan fingerprint density at radius 1 is 1.00 bits per heavy atom. The van der Waals surface area contributed by atoms with Crippen molar-refractivity contribution in [3.8, 4) is 34.3 Å². The number of benzene rings is 3. The number of hydrogen-bond donors (Lipinski definition) is 0. The molecule has 4 heterocycles. The third kappa shape index (κ3) is 3.69. The Labute approximate surface area is 236 Å². The lowest BCUT2D eigenvalue weighted by atomic mass is 9.89. The normalized spacial score (nSPS) is 13.1. The van der Waals surface area contributed by atoms with Crippen LogP contribution in [0.4, 0.5) is 0 Å². The Balaban J connectivity index is 0.00000264. The summed E-state index contributed by atoms with van der Waals surface area (Å²) in [6.45, 7) is 0.991. The Hall–Kier alpha value is -3.79. The fraction of sp³-hybridized carbons (Fsp3) is 0.200. The minimum Gasteiger partial charge on any atom is -1.00 e. The maximum atomic E-state index is 13.8. The highest BCUT2D eigenvalue weighted by Crippen LogP contribution is 2.43. The molecule has 0 N–H and O–H groups in total. The van der Waals surface area contributed by atoms with Gasteiger partial charge >= 0.3 is 0 Å². The number of carbonyl (C=O) groups excluding carboxylic acids is 1. The molecule has 0 saturated heterocycles. The first-order valence-corrected chi connectivity index (χ1v) is 12.3. The van der Waals surface area contributed by atoms with Crippen molar-refractivity contribution in [2.24, 2.45) is 0 Å². The molecule has 5 aromatic rings. The summed E-state index contributed by atoms with van der Waals surface area (Å²) in [4.78, 5) is 13.8. The lowest BCUT2D eigenvalue weighted by Gasteiger charge is -2.21. The number of carbonyl (C=O) groups is 1. The van der Waals surface area contributed by atoms with E-state index in [1.165, 1.54) is 5.56 Å². The average Bonchev–Trinajstić information content (AvgIpc) is 3.57. The average molecular weight is 620 g/mol. The molecule has 0 aliphatic carbocycles. The zero-order valence-electron chi connectivity index (χ0n) is 21.0. The number of pyridine rings is 1. The molecule has 0 fully saturated rings. The van der Waals surface area contributed by atoms with Gasteiger partial charge in [0.05, 0.1) is 37.1 Å². The Morgan fingerprint density at radius 2 is 1.82 bits per heavy atom. The zero-order chi connectivity index (χ0) is 25.1. The van der Waals surface area contributed by atoms with Gasteiger partial charge in [0.15, 0.2) is 35.7 Å². The van der Waals surface area contributed by atoms with Crippen LogP contribution in [0.3, 0.4) is 0 Å². The van der Waals surface area contributed by atoms with Crippen molar-refractivity contribution in [1.82, 2.24) is 4.57 Å². The van der Waals surface area contributed by atoms with E-state index >= 15 is 0 Å². The molecule has 0 atom stereocenters. The molecular weight excluding hydrogens is 595 g/mol. The number of ether oxygens (including phenoxy) is 4. The van der Waals surface area contributed by atoms with Crippen molar-refractivity contribution in [1.29, 1.82) is 0 Å². The van der Waals surface area contributed by atoms with Gasteiger partial charge in [0.25, 0.3) is 0 Å². The maximum Gasteiger partial charge on any atom is 0.235 e. The standard InChI is InChI=1S/C30H25N2O5.HI/c1-34-25-8-7-20-22(15-28(33)32-12-10-18-5-3-4-6-24(18)32)29-21-14-27-26(36-17-37-27)13-19(21)9-11-31(29)16-23(20)30(25)35-2;/h3-8,10,12-14,16H,9,11,15,17H2,1-2H3;1H/q+1;/p-1. The maximum absolute atomic E-state index is 13.8. The molecule has 8 heteroatoms. The number of aryl methyl sites for hydroxylation is 2. The molecule has 7 rings (SSSR count). The van der Waals surface area contributed by atoms with Gasteiger partial charge in [-0.2, -0.15) is 4.57 Å². The second kappa shape index (κ2) is 9.50. The third-order valence-corrected chi connectivity index (χ3v) is 7.44. The van der Waals surface area contributed by atoms with Crippen LogP contribution in [-0.4, -0.2) is 31.5 Å². The molecule has 0 unspecified atom stereocenters. The predicted molar refractivity (Wildman–Crippen MR) is 139 cm³/mol. The minimum absolute atomic E-state index is 0. The van der Waals surface area contributed by atoms with E-state index in [9.17, 15) is 4.79 Å². The highest BCUT2D eigenvalue weighted by Gasteiger charge is 2.33. The third-order valence-electron chi connectivity index (χ3n) is 7.44. The number of nitrogens with zero attached hydrogens (tertiary/aromatic N) is 2. The molecule has 2 aromatic heterocycles. The van der Waals surface area contributed by atoms with E-state index in [0.717, 1.165) is 63.0 Å². The van der Waals surface area contributed by atoms with Gasteiger partial charge in [-0.05, 0) is 42.0 Å². The Kier molecular flexibility index (Phi) is 6.14. The van der Waals surface area contributed by atoms with Gasteiger partial charge in [-0.3, -0.25) is 9.36 Å². The molecule has 0 spiro atoms. The molecular formula is C30H25IN2O5. The topological polar surface area (TPSA) is 62.8 Å². The van der Waals surface area contributed by atoms with Crippen LogP contribution in [0.15, 0.2) is 67.0 Å². The molecule has 0 saturated carbocycles. The van der Waals surface area contributed by atoms with Gasteiger partial charge in [-0.15, -0.1) is 0 Å². The number of halogens is 1. The first-order valence-electron chi connectivity index (χ1n) is 12.3. The summed E-state index contributed by atoms with van der Waals surface area (Å²) in [5.41, 5.74) is 5.11. The lowest BCUT2D eigenvalue weighted by Crippen LogP contribution is -3.00. The second-order valence-corrected chi connectivity index (χ2v) is 9.34. The fourth-order valence-corrected chi connectivity index (χ4v) is 5.73. The number of aromatic nitrogens is 2. The Bertz CT molecular complexity index is 1740. The summed E-state index contributed by atoms with van der Waals surface area (Å²) in [7, 11) is 3.28. The summed E-state index contributed by atoms with van der Waals surface area (Å²) in [6, 6.07) is 18.0. The minimum atomic E-state index is -0.000785. The first-order chi connectivity index (χ1) is 18.2. The zero-order valence-corrected chi connectivity index (χ0v) is 23.2. The number of fused-ring (bicyclic) bond motifs is 6. The molecule has 2 aliphatic heterocycles. The first kappa shape index (κ1) is 24.5. The van der Waals surface area contributed by atoms with Gasteiger partial charge in [0.1, 0.15) is 0 Å². The molecule has 0 radical (unpaired) electrons. The molecule has 7 nitrogen and oxygen atoms in total. The molecule has 2 aliphatic rings. The van der Waals surface area contributed by atoms with Crippen LogP contribution in [0.25, 0.3) is 32.9 Å². The van der Waals surface area contributed by atoms with E-state index in [4.69, 9.17) is 18.9 Å². The van der Waals surface area contributed by atoms with Crippen molar-refractivity contribution in [2.45, 2.75) is 19.4 Å². The van der Waals surface area contributed by atoms with E-state index < -0.39 is 0 Å². The van der Waals surface area contributed by atoms with Crippen molar-refractivity contribution < 1.29 is 52.3 Å². The quantitative estimate of drug-likeness (QED) is 0.227. The van der Waals surface area contributed by atoms with Crippen LogP contribution in [0.1, 0.15) is 15.9 Å². The van der Waals surface area contributed by atoms with Crippen LogP contribution in [0.2, 0.25) is 0 Å². The number of rotatable bonds is 4. The van der Waals surface area contributed by atoms with Crippen molar-refractivity contribution >= 4 is 27.6 Å². The smallest absolute Gasteiger partial charge is 0.235 e.